The second-order valence-electron chi connectivity index (χ2n) is 10.7. The zero-order chi connectivity index (χ0) is 29.8. The topological polar surface area (TPSA) is 132 Å². The fourth-order valence-electron chi connectivity index (χ4n) is 5.69. The van der Waals surface area contributed by atoms with Gasteiger partial charge in [0.15, 0.2) is 0 Å². The van der Waals surface area contributed by atoms with Crippen LogP contribution in [0.5, 0.6) is 11.6 Å². The Bertz CT molecular complexity index is 1610. The van der Waals surface area contributed by atoms with Crippen LogP contribution in [0.25, 0.3) is 11.0 Å². The predicted octanol–water partition coefficient (Wildman–Crippen LogP) is 2.12. The summed E-state index contributed by atoms with van der Waals surface area (Å²) in [4.78, 5) is 49.3. The van der Waals surface area contributed by atoms with Crippen molar-refractivity contribution in [1.82, 2.24) is 35.1 Å². The van der Waals surface area contributed by atoms with Gasteiger partial charge in [-0.05, 0) is 42.3 Å². The molecule has 2 atom stereocenters. The number of aromatic nitrogens is 4. The number of methoxy groups -OCH3 is 1. The van der Waals surface area contributed by atoms with Crippen molar-refractivity contribution in [2.45, 2.75) is 18.9 Å². The Balaban J connectivity index is 1.19. The SMILES string of the molecule is COc1cc(C(=O)N2C[C@@H]3C(=O)NCCN(C(=O)Cn4nc5ccccc5n4)CCCOc4cccc(c4)[C@H]3C2)ccn1. The molecule has 2 aromatic carbocycles. The van der Waals surface area contributed by atoms with Crippen LogP contribution in [-0.2, 0) is 16.1 Å². The fraction of sp³-hybridized carbons (Fsp3) is 0.355. The molecular weight excluding hydrogens is 550 g/mol. The van der Waals surface area contributed by atoms with E-state index in [1.165, 1.54) is 18.1 Å². The molecule has 0 unspecified atom stereocenters. The van der Waals surface area contributed by atoms with Crippen LogP contribution in [-0.4, -0.2) is 93.9 Å². The predicted molar refractivity (Wildman–Crippen MR) is 157 cm³/mol. The molecule has 2 aromatic heterocycles. The van der Waals surface area contributed by atoms with Crippen LogP contribution in [0.2, 0.25) is 0 Å². The molecule has 1 saturated heterocycles. The van der Waals surface area contributed by atoms with Gasteiger partial charge in [0, 0.05) is 56.5 Å². The third-order valence-corrected chi connectivity index (χ3v) is 7.90. The zero-order valence-corrected chi connectivity index (χ0v) is 23.9. The lowest BCUT2D eigenvalue weighted by Gasteiger charge is -2.25. The fourth-order valence-corrected chi connectivity index (χ4v) is 5.69. The van der Waals surface area contributed by atoms with Crippen molar-refractivity contribution in [1.29, 1.82) is 0 Å². The molecule has 4 aromatic rings. The van der Waals surface area contributed by atoms with Gasteiger partial charge in [-0.3, -0.25) is 14.4 Å². The van der Waals surface area contributed by atoms with Crippen molar-refractivity contribution < 1.29 is 23.9 Å². The number of nitrogens with one attached hydrogen (secondary N) is 1. The van der Waals surface area contributed by atoms with Gasteiger partial charge in [-0.2, -0.15) is 15.0 Å². The summed E-state index contributed by atoms with van der Waals surface area (Å²) in [6.07, 6.45) is 2.14. The van der Waals surface area contributed by atoms with Gasteiger partial charge in [0.05, 0.1) is 19.6 Å². The molecule has 1 fully saturated rings. The number of fused-ring (bicyclic) bond motifs is 5. The Morgan fingerprint density at radius 3 is 2.56 bits per heavy atom. The number of pyridine rings is 1. The minimum absolute atomic E-state index is 0.00685. The van der Waals surface area contributed by atoms with Crippen molar-refractivity contribution in [2.24, 2.45) is 5.92 Å². The summed E-state index contributed by atoms with van der Waals surface area (Å²) in [5, 5.41) is 11.9. The van der Waals surface area contributed by atoms with Crippen molar-refractivity contribution in [2.75, 3.05) is 46.4 Å². The molecule has 0 radical (unpaired) electrons. The summed E-state index contributed by atoms with van der Waals surface area (Å²) in [7, 11) is 1.50. The minimum atomic E-state index is -0.476. The lowest BCUT2D eigenvalue weighted by molar-refractivity contribution is -0.133. The molecule has 12 heteroatoms. The van der Waals surface area contributed by atoms with Gasteiger partial charge in [0.25, 0.3) is 5.91 Å². The lowest BCUT2D eigenvalue weighted by Crippen LogP contribution is -2.43. The Labute approximate surface area is 248 Å². The standard InChI is InChI=1S/C31H33N7O5/c1-42-28-17-22(10-11-32-28)31(41)37-18-24-21-6-4-7-23(16-21)43-15-5-13-36(14-12-33-30(40)25(24)19-37)29(39)20-38-34-26-8-2-3-9-27(26)35-38/h2-4,6-11,16-17,24-25H,5,12-15,18-20H2,1H3,(H,33,40)/t24-,25+/m1/s1. The Morgan fingerprint density at radius 2 is 1.77 bits per heavy atom. The first-order valence-corrected chi connectivity index (χ1v) is 14.4. The summed E-state index contributed by atoms with van der Waals surface area (Å²) in [6, 6.07) is 18.4. The highest BCUT2D eigenvalue weighted by Gasteiger charge is 2.41. The summed E-state index contributed by atoms with van der Waals surface area (Å²) in [5.74, 6) is -0.171. The number of carbonyl (C=O) groups is 3. The molecule has 222 valence electrons. The third-order valence-electron chi connectivity index (χ3n) is 7.90. The number of amides is 3. The molecular formula is C31H33N7O5. The van der Waals surface area contributed by atoms with Gasteiger partial charge in [-0.15, -0.1) is 0 Å². The summed E-state index contributed by atoms with van der Waals surface area (Å²) < 4.78 is 11.2. The quantitative estimate of drug-likeness (QED) is 0.387. The number of nitrogens with zero attached hydrogens (tertiary/aromatic N) is 6. The highest BCUT2D eigenvalue weighted by atomic mass is 16.5. The molecule has 4 heterocycles. The van der Waals surface area contributed by atoms with E-state index in [1.54, 1.807) is 21.9 Å². The number of ether oxygens (including phenoxy) is 2. The largest absolute Gasteiger partial charge is 0.494 e. The van der Waals surface area contributed by atoms with Gasteiger partial charge < -0.3 is 24.6 Å². The Hall–Kier alpha value is -5.00. The number of rotatable bonds is 4. The van der Waals surface area contributed by atoms with Crippen LogP contribution in [0.15, 0.2) is 66.9 Å². The van der Waals surface area contributed by atoms with E-state index in [1.807, 2.05) is 48.5 Å². The van der Waals surface area contributed by atoms with Crippen LogP contribution in [0, 0.1) is 5.92 Å². The van der Waals surface area contributed by atoms with E-state index in [0.717, 1.165) is 16.6 Å². The van der Waals surface area contributed by atoms with Gasteiger partial charge in [-0.1, -0.05) is 24.3 Å². The molecule has 2 bridgehead atoms. The van der Waals surface area contributed by atoms with Crippen molar-refractivity contribution in [3.8, 4) is 11.6 Å². The van der Waals surface area contributed by atoms with E-state index in [9.17, 15) is 14.4 Å². The van der Waals surface area contributed by atoms with E-state index < -0.39 is 5.92 Å². The van der Waals surface area contributed by atoms with Crippen LogP contribution in [0.4, 0.5) is 0 Å². The second-order valence-corrected chi connectivity index (χ2v) is 10.7. The molecule has 43 heavy (non-hydrogen) atoms. The smallest absolute Gasteiger partial charge is 0.254 e. The summed E-state index contributed by atoms with van der Waals surface area (Å²) in [5.41, 5.74) is 2.83. The van der Waals surface area contributed by atoms with Crippen LogP contribution in [0.1, 0.15) is 28.3 Å². The first-order chi connectivity index (χ1) is 21.0. The molecule has 0 spiro atoms. The number of hydrogen-bond donors (Lipinski definition) is 1. The van der Waals surface area contributed by atoms with E-state index in [0.29, 0.717) is 49.9 Å². The molecule has 1 N–H and O–H groups in total. The highest BCUT2D eigenvalue weighted by Crippen LogP contribution is 2.35. The first-order valence-electron chi connectivity index (χ1n) is 14.4. The van der Waals surface area contributed by atoms with Crippen LogP contribution in [0.3, 0.4) is 0 Å². The van der Waals surface area contributed by atoms with Crippen LogP contribution < -0.4 is 14.8 Å². The highest BCUT2D eigenvalue weighted by molar-refractivity contribution is 5.95. The van der Waals surface area contributed by atoms with Gasteiger partial charge in [0.2, 0.25) is 17.7 Å². The average Bonchev–Trinajstić information content (AvgIpc) is 3.66. The minimum Gasteiger partial charge on any atom is -0.494 e. The summed E-state index contributed by atoms with van der Waals surface area (Å²) in [6.45, 7) is 2.11. The summed E-state index contributed by atoms with van der Waals surface area (Å²) >= 11 is 0. The Kier molecular flexibility index (Phi) is 8.16. The van der Waals surface area contributed by atoms with E-state index >= 15 is 0 Å². The van der Waals surface area contributed by atoms with Gasteiger partial charge in [-0.25, -0.2) is 4.98 Å². The Morgan fingerprint density at radius 1 is 0.977 bits per heavy atom. The van der Waals surface area contributed by atoms with Crippen LogP contribution >= 0.6 is 0 Å². The zero-order valence-electron chi connectivity index (χ0n) is 23.9. The maximum atomic E-state index is 13.6. The number of likely N-dealkylation sites (tertiary alicyclic amines) is 1. The molecule has 6 rings (SSSR count). The molecule has 3 amide bonds. The first kappa shape index (κ1) is 28.1. The molecule has 0 saturated carbocycles. The van der Waals surface area contributed by atoms with Gasteiger partial charge in [0.1, 0.15) is 23.3 Å². The lowest BCUT2D eigenvalue weighted by atomic mass is 9.88. The van der Waals surface area contributed by atoms with Crippen molar-refractivity contribution in [3.63, 3.8) is 0 Å². The maximum Gasteiger partial charge on any atom is 0.254 e. The molecule has 12 nitrogen and oxygen atoms in total. The average molecular weight is 584 g/mol. The van der Waals surface area contributed by atoms with Gasteiger partial charge >= 0.3 is 0 Å². The van der Waals surface area contributed by atoms with Crippen molar-refractivity contribution in [3.05, 3.63) is 78.0 Å². The maximum absolute atomic E-state index is 13.6. The monoisotopic (exact) mass is 583 g/mol. The molecule has 0 aliphatic carbocycles. The number of carbonyl (C=O) groups excluding carboxylic acids is 3. The van der Waals surface area contributed by atoms with E-state index in [2.05, 4.69) is 20.5 Å². The second kappa shape index (κ2) is 12.5. The van der Waals surface area contributed by atoms with E-state index in [-0.39, 0.29) is 43.3 Å². The number of hydrogen-bond acceptors (Lipinski definition) is 8. The van der Waals surface area contributed by atoms with E-state index in [4.69, 9.17) is 9.47 Å². The number of benzene rings is 2. The molecule has 2 aliphatic rings. The third kappa shape index (κ3) is 6.27. The molecule has 2 aliphatic heterocycles. The van der Waals surface area contributed by atoms with Crippen molar-refractivity contribution >= 4 is 28.8 Å². The normalized spacial score (nSPS) is 19.2.